The van der Waals surface area contributed by atoms with Crippen molar-refractivity contribution in [3.8, 4) is 0 Å². The molecule has 3 aromatic rings. The van der Waals surface area contributed by atoms with E-state index in [9.17, 15) is 26.8 Å². The van der Waals surface area contributed by atoms with Crippen molar-refractivity contribution in [2.75, 3.05) is 10.8 Å². The molecule has 0 bridgehead atoms. The van der Waals surface area contributed by atoms with Crippen molar-refractivity contribution in [1.29, 1.82) is 0 Å². The third-order valence-corrected chi connectivity index (χ3v) is 8.44. The fourth-order valence-electron chi connectivity index (χ4n) is 4.12. The Kier molecular flexibility index (Phi) is 10.4. The zero-order chi connectivity index (χ0) is 29.4. The molecule has 0 aliphatic carbocycles. The van der Waals surface area contributed by atoms with E-state index in [1.54, 1.807) is 31.2 Å². The summed E-state index contributed by atoms with van der Waals surface area (Å²) < 4.78 is 55.6. The molecule has 0 saturated heterocycles. The molecule has 214 valence electrons. The standard InChI is InChI=1S/C30H35F2N3O4S/c1-5-22(4)33-30(37)28(6-2)34(19-23-9-11-24(31)12-10-23)29(36)20-35(26-15-7-21(3)8-16-26)40(38,39)27-17-13-25(32)14-18-27/h7-18,22,28H,5-6,19-20H2,1-4H3,(H,33,37)/t22-,28+/m0/s1. The van der Waals surface area contributed by atoms with Gasteiger partial charge in [-0.3, -0.25) is 13.9 Å². The lowest BCUT2D eigenvalue weighted by molar-refractivity contribution is -0.140. The molecule has 10 heteroatoms. The minimum atomic E-state index is -4.30. The Labute approximate surface area is 234 Å². The smallest absolute Gasteiger partial charge is 0.264 e. The molecule has 1 N–H and O–H groups in total. The molecule has 0 heterocycles. The van der Waals surface area contributed by atoms with Crippen LogP contribution in [0.15, 0.2) is 77.7 Å². The number of carbonyl (C=O) groups excluding carboxylic acids is 2. The first-order valence-corrected chi connectivity index (χ1v) is 14.6. The molecule has 0 radical (unpaired) electrons. The minimum absolute atomic E-state index is 0.0378. The summed E-state index contributed by atoms with van der Waals surface area (Å²) in [5, 5.41) is 2.90. The first-order valence-electron chi connectivity index (χ1n) is 13.2. The molecule has 0 aliphatic heterocycles. The second-order valence-electron chi connectivity index (χ2n) is 9.69. The molecule has 0 fully saturated rings. The molecule has 7 nitrogen and oxygen atoms in total. The number of hydrogen-bond acceptors (Lipinski definition) is 4. The molecular weight excluding hydrogens is 536 g/mol. The summed E-state index contributed by atoms with van der Waals surface area (Å²) in [6, 6.07) is 15.5. The zero-order valence-corrected chi connectivity index (χ0v) is 23.9. The first kappa shape index (κ1) is 30.7. The van der Waals surface area contributed by atoms with Gasteiger partial charge in [-0.05, 0) is 80.8 Å². The topological polar surface area (TPSA) is 86.8 Å². The maximum absolute atomic E-state index is 14.0. The number of aryl methyl sites for hydroxylation is 1. The van der Waals surface area contributed by atoms with Crippen LogP contribution in [-0.4, -0.2) is 43.8 Å². The van der Waals surface area contributed by atoms with E-state index in [4.69, 9.17) is 0 Å². The van der Waals surface area contributed by atoms with Crippen LogP contribution in [0.1, 0.15) is 44.7 Å². The van der Waals surface area contributed by atoms with Gasteiger partial charge in [0.1, 0.15) is 24.2 Å². The summed E-state index contributed by atoms with van der Waals surface area (Å²) in [5.41, 5.74) is 1.70. The van der Waals surface area contributed by atoms with Crippen LogP contribution in [0.2, 0.25) is 0 Å². The molecule has 2 amide bonds. The van der Waals surface area contributed by atoms with Gasteiger partial charge in [-0.1, -0.05) is 43.7 Å². The van der Waals surface area contributed by atoms with Gasteiger partial charge < -0.3 is 10.2 Å². The average molecular weight is 572 g/mol. The van der Waals surface area contributed by atoms with Crippen LogP contribution in [0, 0.1) is 18.6 Å². The SMILES string of the molecule is CC[C@H](C(=O)N[C@@H](C)CC)N(Cc1ccc(F)cc1)C(=O)CN(c1ccc(C)cc1)S(=O)(=O)c1ccc(F)cc1. The Morgan fingerprint density at radius 2 is 1.40 bits per heavy atom. The van der Waals surface area contributed by atoms with Gasteiger partial charge >= 0.3 is 0 Å². The monoisotopic (exact) mass is 571 g/mol. The summed E-state index contributed by atoms with van der Waals surface area (Å²) in [4.78, 5) is 28.3. The van der Waals surface area contributed by atoms with Crippen molar-refractivity contribution >= 4 is 27.5 Å². The van der Waals surface area contributed by atoms with Crippen molar-refractivity contribution in [2.45, 2.75) is 64.1 Å². The van der Waals surface area contributed by atoms with Gasteiger partial charge in [-0.2, -0.15) is 0 Å². The molecule has 2 atom stereocenters. The van der Waals surface area contributed by atoms with Crippen LogP contribution in [0.3, 0.4) is 0 Å². The fraction of sp³-hybridized carbons (Fsp3) is 0.333. The number of nitrogens with zero attached hydrogens (tertiary/aromatic N) is 2. The summed E-state index contributed by atoms with van der Waals surface area (Å²) in [6.07, 6.45) is 0.954. The number of rotatable bonds is 12. The average Bonchev–Trinajstić information content (AvgIpc) is 2.93. The number of sulfonamides is 1. The number of amides is 2. The summed E-state index contributed by atoms with van der Waals surface area (Å²) in [7, 11) is -4.30. The van der Waals surface area contributed by atoms with Gasteiger partial charge in [0.25, 0.3) is 10.0 Å². The van der Waals surface area contributed by atoms with Gasteiger partial charge in [-0.25, -0.2) is 17.2 Å². The Bertz CT molecular complexity index is 1400. The summed E-state index contributed by atoms with van der Waals surface area (Å²) >= 11 is 0. The highest BCUT2D eigenvalue weighted by Crippen LogP contribution is 2.25. The van der Waals surface area contributed by atoms with E-state index in [0.717, 1.165) is 34.1 Å². The predicted octanol–water partition coefficient (Wildman–Crippen LogP) is 5.19. The third kappa shape index (κ3) is 7.65. The van der Waals surface area contributed by atoms with Crippen molar-refractivity contribution in [3.63, 3.8) is 0 Å². The second-order valence-corrected chi connectivity index (χ2v) is 11.6. The molecule has 0 saturated carbocycles. The molecule has 0 aromatic heterocycles. The lowest BCUT2D eigenvalue weighted by Gasteiger charge is -2.33. The quantitative estimate of drug-likeness (QED) is 0.324. The van der Waals surface area contributed by atoms with Crippen LogP contribution >= 0.6 is 0 Å². The van der Waals surface area contributed by atoms with E-state index in [1.165, 1.54) is 29.2 Å². The van der Waals surface area contributed by atoms with Crippen molar-refractivity contribution in [1.82, 2.24) is 10.2 Å². The number of anilines is 1. The van der Waals surface area contributed by atoms with Gasteiger partial charge in [0.05, 0.1) is 10.6 Å². The van der Waals surface area contributed by atoms with Gasteiger partial charge in [0.15, 0.2) is 0 Å². The highest BCUT2D eigenvalue weighted by molar-refractivity contribution is 7.92. The Morgan fingerprint density at radius 1 is 0.850 bits per heavy atom. The number of hydrogen-bond donors (Lipinski definition) is 1. The van der Waals surface area contributed by atoms with Crippen LogP contribution in [0.4, 0.5) is 14.5 Å². The molecule has 0 aliphatic rings. The molecule has 0 spiro atoms. The van der Waals surface area contributed by atoms with Crippen LogP contribution < -0.4 is 9.62 Å². The normalized spacial score (nSPS) is 12.8. The van der Waals surface area contributed by atoms with E-state index < -0.39 is 40.2 Å². The van der Waals surface area contributed by atoms with E-state index in [1.807, 2.05) is 20.8 Å². The Balaban J connectivity index is 2.04. The van der Waals surface area contributed by atoms with Crippen molar-refractivity contribution < 1.29 is 26.8 Å². The molecular formula is C30H35F2N3O4S. The highest BCUT2D eigenvalue weighted by atomic mass is 32.2. The van der Waals surface area contributed by atoms with Gasteiger partial charge in [-0.15, -0.1) is 0 Å². The zero-order valence-electron chi connectivity index (χ0n) is 23.1. The number of carbonyl (C=O) groups is 2. The van der Waals surface area contributed by atoms with Crippen LogP contribution in [0.5, 0.6) is 0 Å². The summed E-state index contributed by atoms with van der Waals surface area (Å²) in [5.74, 6) is -2.03. The van der Waals surface area contributed by atoms with Gasteiger partial charge in [0, 0.05) is 12.6 Å². The number of halogens is 2. The minimum Gasteiger partial charge on any atom is -0.352 e. The highest BCUT2D eigenvalue weighted by Gasteiger charge is 2.34. The third-order valence-electron chi connectivity index (χ3n) is 6.66. The fourth-order valence-corrected chi connectivity index (χ4v) is 5.53. The lowest BCUT2D eigenvalue weighted by atomic mass is 10.1. The largest absolute Gasteiger partial charge is 0.352 e. The maximum atomic E-state index is 14.0. The molecule has 3 rings (SSSR count). The predicted molar refractivity (Wildman–Crippen MR) is 151 cm³/mol. The summed E-state index contributed by atoms with van der Waals surface area (Å²) in [6.45, 7) is 6.73. The Morgan fingerprint density at radius 3 is 1.93 bits per heavy atom. The van der Waals surface area contributed by atoms with E-state index >= 15 is 0 Å². The molecule has 40 heavy (non-hydrogen) atoms. The lowest BCUT2D eigenvalue weighted by Crippen LogP contribution is -2.53. The van der Waals surface area contributed by atoms with E-state index in [0.29, 0.717) is 12.0 Å². The maximum Gasteiger partial charge on any atom is 0.264 e. The molecule has 3 aromatic carbocycles. The van der Waals surface area contributed by atoms with Crippen LogP contribution in [0.25, 0.3) is 0 Å². The number of nitrogens with one attached hydrogen (secondary N) is 1. The van der Waals surface area contributed by atoms with Crippen molar-refractivity contribution in [3.05, 3.63) is 95.6 Å². The van der Waals surface area contributed by atoms with E-state index in [2.05, 4.69) is 5.32 Å². The number of benzene rings is 3. The second kappa shape index (κ2) is 13.5. The van der Waals surface area contributed by atoms with Crippen molar-refractivity contribution in [2.24, 2.45) is 0 Å². The molecule has 0 unspecified atom stereocenters. The van der Waals surface area contributed by atoms with Crippen LogP contribution in [-0.2, 0) is 26.2 Å². The van der Waals surface area contributed by atoms with E-state index in [-0.39, 0.29) is 35.5 Å². The Hall–Kier alpha value is -3.79. The first-order chi connectivity index (χ1) is 19.0. The van der Waals surface area contributed by atoms with Gasteiger partial charge in [0.2, 0.25) is 11.8 Å².